The van der Waals surface area contributed by atoms with E-state index in [0.29, 0.717) is 0 Å². The van der Waals surface area contributed by atoms with Crippen molar-refractivity contribution < 1.29 is 8.85 Å². The average molecular weight is 118 g/mol. The van der Waals surface area contributed by atoms with E-state index in [1.54, 1.807) is 0 Å². The van der Waals surface area contributed by atoms with Crippen LogP contribution in [0, 0.1) is 0 Å². The predicted molar refractivity (Wildman–Crippen MR) is 32.9 cm³/mol. The second-order valence-electron chi connectivity index (χ2n) is 2.07. The molecule has 2 heteroatoms. The minimum atomic E-state index is -2.22. The third-order valence-electron chi connectivity index (χ3n) is 1.45. The van der Waals surface area contributed by atoms with Crippen molar-refractivity contribution in [1.29, 1.82) is 0 Å². The van der Waals surface area contributed by atoms with Gasteiger partial charge in [-0.2, -0.15) is 0 Å². The van der Waals surface area contributed by atoms with E-state index in [2.05, 4.69) is 5.32 Å². The summed E-state index contributed by atoms with van der Waals surface area (Å²) in [5, 5.41) is 3.14. The number of hydrogen-bond donors (Lipinski definition) is 1. The standard InChI is InChI=1S/C6H13NO/c1-8-6-2-4-7-5-3-6/h6-7H,2-5H2,1H3/i1D3. The van der Waals surface area contributed by atoms with Crippen LogP contribution in [0.3, 0.4) is 0 Å². The highest BCUT2D eigenvalue weighted by atomic mass is 16.5. The summed E-state index contributed by atoms with van der Waals surface area (Å²) in [5.74, 6) is 0. The van der Waals surface area contributed by atoms with E-state index >= 15 is 0 Å². The second-order valence-corrected chi connectivity index (χ2v) is 2.07. The van der Waals surface area contributed by atoms with Gasteiger partial charge in [-0.15, -0.1) is 0 Å². The average Bonchev–Trinajstić information content (AvgIpc) is 1.85. The number of piperidine rings is 1. The molecule has 0 unspecified atom stereocenters. The van der Waals surface area contributed by atoms with Crippen LogP contribution >= 0.6 is 0 Å². The van der Waals surface area contributed by atoms with Crippen molar-refractivity contribution in [3.05, 3.63) is 0 Å². The lowest BCUT2D eigenvalue weighted by Crippen LogP contribution is -2.31. The van der Waals surface area contributed by atoms with Crippen LogP contribution in [0.4, 0.5) is 0 Å². The monoisotopic (exact) mass is 118 g/mol. The molecule has 0 spiro atoms. The highest BCUT2D eigenvalue weighted by Crippen LogP contribution is 2.04. The van der Waals surface area contributed by atoms with Crippen LogP contribution in [0.1, 0.15) is 17.0 Å². The van der Waals surface area contributed by atoms with Crippen LogP contribution < -0.4 is 5.32 Å². The van der Waals surface area contributed by atoms with Gasteiger partial charge in [-0.05, 0) is 25.9 Å². The number of ether oxygens (including phenoxy) is 1. The molecule has 0 saturated carbocycles. The molecule has 0 atom stereocenters. The molecule has 0 aromatic carbocycles. The van der Waals surface area contributed by atoms with Crippen LogP contribution in [0.2, 0.25) is 0 Å². The zero-order valence-electron chi connectivity index (χ0n) is 7.81. The highest BCUT2D eigenvalue weighted by molar-refractivity contribution is 4.66. The summed E-state index contributed by atoms with van der Waals surface area (Å²) in [6, 6.07) is 0. The van der Waals surface area contributed by atoms with Crippen LogP contribution in [0.5, 0.6) is 0 Å². The first-order valence-electron chi connectivity index (χ1n) is 4.46. The van der Waals surface area contributed by atoms with Gasteiger partial charge in [0, 0.05) is 7.04 Å². The van der Waals surface area contributed by atoms with Crippen LogP contribution in [0.25, 0.3) is 0 Å². The molecule has 2 nitrogen and oxygen atoms in total. The molecule has 0 aliphatic carbocycles. The summed E-state index contributed by atoms with van der Waals surface area (Å²) in [6.45, 7) is 1.72. The van der Waals surface area contributed by atoms with Crippen molar-refractivity contribution in [2.24, 2.45) is 0 Å². The van der Waals surface area contributed by atoms with Gasteiger partial charge in [0.1, 0.15) is 0 Å². The topological polar surface area (TPSA) is 21.3 Å². The molecule has 1 aliphatic rings. The molecule has 0 aromatic rings. The fourth-order valence-corrected chi connectivity index (χ4v) is 0.913. The maximum Gasteiger partial charge on any atom is 0.0595 e. The summed E-state index contributed by atoms with van der Waals surface area (Å²) in [4.78, 5) is 0. The Bertz CT molecular complexity index is 119. The van der Waals surface area contributed by atoms with Gasteiger partial charge in [-0.1, -0.05) is 0 Å². The first-order valence-corrected chi connectivity index (χ1v) is 2.96. The van der Waals surface area contributed by atoms with Gasteiger partial charge in [0.05, 0.1) is 10.2 Å². The molecule has 1 saturated heterocycles. The fraction of sp³-hybridized carbons (Fsp3) is 1.00. The molecule has 0 amide bonds. The quantitative estimate of drug-likeness (QED) is 0.537. The first-order chi connectivity index (χ1) is 5.08. The molecule has 1 fully saturated rings. The van der Waals surface area contributed by atoms with Gasteiger partial charge in [0.25, 0.3) is 0 Å². The van der Waals surface area contributed by atoms with Gasteiger partial charge in [-0.3, -0.25) is 0 Å². The van der Waals surface area contributed by atoms with E-state index in [1.807, 2.05) is 0 Å². The molecule has 0 aromatic heterocycles. The van der Waals surface area contributed by atoms with E-state index in [0.717, 1.165) is 25.9 Å². The summed E-state index contributed by atoms with van der Waals surface area (Å²) < 4.78 is 25.4. The molecule has 1 heterocycles. The van der Waals surface area contributed by atoms with Gasteiger partial charge >= 0.3 is 0 Å². The zero-order chi connectivity index (χ0) is 8.32. The van der Waals surface area contributed by atoms with Gasteiger partial charge in [0.15, 0.2) is 0 Å². The maximum absolute atomic E-state index is 6.86. The van der Waals surface area contributed by atoms with Crippen molar-refractivity contribution >= 4 is 0 Å². The van der Waals surface area contributed by atoms with Crippen molar-refractivity contribution in [2.75, 3.05) is 20.1 Å². The maximum atomic E-state index is 6.86. The minimum absolute atomic E-state index is 0.0799. The van der Waals surface area contributed by atoms with E-state index < -0.39 is 7.04 Å². The first kappa shape index (κ1) is 3.18. The van der Waals surface area contributed by atoms with E-state index in [-0.39, 0.29) is 6.10 Å². The van der Waals surface area contributed by atoms with Gasteiger partial charge < -0.3 is 10.1 Å². The van der Waals surface area contributed by atoms with Gasteiger partial charge in [-0.25, -0.2) is 0 Å². The minimum Gasteiger partial charge on any atom is -0.381 e. The van der Waals surface area contributed by atoms with E-state index in [4.69, 9.17) is 8.85 Å². The van der Waals surface area contributed by atoms with Crippen LogP contribution in [-0.2, 0) is 4.74 Å². The lowest BCUT2D eigenvalue weighted by molar-refractivity contribution is 0.0765. The molecule has 8 heavy (non-hydrogen) atoms. The number of nitrogens with one attached hydrogen (secondary N) is 1. The lowest BCUT2D eigenvalue weighted by atomic mass is 10.1. The number of rotatable bonds is 1. The van der Waals surface area contributed by atoms with E-state index in [1.165, 1.54) is 0 Å². The molecule has 0 radical (unpaired) electrons. The Labute approximate surface area is 54.4 Å². The molecule has 1 rings (SSSR count). The normalized spacial score (nSPS) is 30.8. The lowest BCUT2D eigenvalue weighted by Gasteiger charge is -2.20. The largest absolute Gasteiger partial charge is 0.381 e. The third kappa shape index (κ3) is 1.46. The van der Waals surface area contributed by atoms with Crippen molar-refractivity contribution in [2.45, 2.75) is 18.9 Å². The molecular formula is C6H13NO. The molecular weight excluding hydrogens is 102 g/mol. The molecule has 48 valence electrons. The zero-order valence-corrected chi connectivity index (χ0v) is 4.81. The Kier molecular flexibility index (Phi) is 1.21. The molecule has 0 bridgehead atoms. The van der Waals surface area contributed by atoms with Crippen LogP contribution in [0.15, 0.2) is 0 Å². The van der Waals surface area contributed by atoms with Crippen molar-refractivity contribution in [1.82, 2.24) is 5.32 Å². The fourth-order valence-electron chi connectivity index (χ4n) is 0.913. The smallest absolute Gasteiger partial charge is 0.0595 e. The third-order valence-corrected chi connectivity index (χ3v) is 1.45. The van der Waals surface area contributed by atoms with Crippen molar-refractivity contribution in [3.8, 4) is 0 Å². The SMILES string of the molecule is [2H]C([2H])([2H])OC1CCNCC1. The number of hydrogen-bond acceptors (Lipinski definition) is 2. The van der Waals surface area contributed by atoms with Crippen LogP contribution in [-0.4, -0.2) is 26.2 Å². The van der Waals surface area contributed by atoms with Gasteiger partial charge in [0.2, 0.25) is 0 Å². The highest BCUT2D eigenvalue weighted by Gasteiger charge is 2.09. The number of methoxy groups -OCH3 is 1. The summed E-state index contributed by atoms with van der Waals surface area (Å²) in [6.07, 6.45) is 1.53. The Morgan fingerprint density at radius 3 is 3.00 bits per heavy atom. The Balaban J connectivity index is 2.24. The Morgan fingerprint density at radius 1 is 1.62 bits per heavy atom. The van der Waals surface area contributed by atoms with Crippen molar-refractivity contribution in [3.63, 3.8) is 0 Å². The Hall–Kier alpha value is -0.0800. The molecule has 1 aliphatic heterocycles. The predicted octanol–water partition coefficient (Wildman–Crippen LogP) is 0.385. The van der Waals surface area contributed by atoms with E-state index in [9.17, 15) is 0 Å². The Morgan fingerprint density at radius 2 is 2.38 bits per heavy atom. The summed E-state index contributed by atoms with van der Waals surface area (Å²) in [7, 11) is -2.22. The molecule has 1 N–H and O–H groups in total. The summed E-state index contributed by atoms with van der Waals surface area (Å²) >= 11 is 0. The second kappa shape index (κ2) is 3.05. The summed E-state index contributed by atoms with van der Waals surface area (Å²) in [5.41, 5.74) is 0.